The summed E-state index contributed by atoms with van der Waals surface area (Å²) in [6, 6.07) is 5.97. The van der Waals surface area contributed by atoms with Crippen LogP contribution in [0.1, 0.15) is 58.0 Å². The fraction of sp³-hybridized carbons (Fsp3) is 0.462. The molecule has 1 fully saturated rings. The van der Waals surface area contributed by atoms with Gasteiger partial charge in [0, 0.05) is 43.1 Å². The summed E-state index contributed by atoms with van der Waals surface area (Å²) < 4.78 is 2.27. The van der Waals surface area contributed by atoms with Gasteiger partial charge in [0.2, 0.25) is 0 Å². The average molecular weight is 465 g/mol. The monoisotopic (exact) mass is 464 g/mol. The second-order valence-electron chi connectivity index (χ2n) is 9.16. The van der Waals surface area contributed by atoms with Crippen LogP contribution in [0.25, 0.3) is 16.8 Å². The highest BCUT2D eigenvalue weighted by molar-refractivity contribution is 6.25. The zero-order valence-corrected chi connectivity index (χ0v) is 21.4. The number of nitrogen functional groups attached to an aromatic ring is 1. The Morgan fingerprint density at radius 3 is 2.59 bits per heavy atom. The van der Waals surface area contributed by atoms with Gasteiger partial charge in [-0.15, -0.1) is 0 Å². The van der Waals surface area contributed by atoms with E-state index in [2.05, 4.69) is 49.2 Å². The van der Waals surface area contributed by atoms with Crippen molar-refractivity contribution in [2.75, 3.05) is 19.9 Å². The number of allylic oxidation sites excluding steroid dienone is 1. The molecule has 0 spiro atoms. The second-order valence-corrected chi connectivity index (χ2v) is 9.16. The molecular weight excluding hydrogens is 426 g/mol. The number of quaternary nitrogens is 1. The average Bonchev–Trinajstić information content (AvgIpc) is 3.50. The van der Waals surface area contributed by atoms with Crippen LogP contribution < -0.4 is 16.6 Å². The van der Waals surface area contributed by atoms with Crippen molar-refractivity contribution in [1.29, 1.82) is 0 Å². The summed E-state index contributed by atoms with van der Waals surface area (Å²) in [5, 5.41) is 1.97. The van der Waals surface area contributed by atoms with Crippen molar-refractivity contribution in [3.63, 3.8) is 0 Å². The van der Waals surface area contributed by atoms with Gasteiger partial charge in [-0.05, 0) is 37.0 Å². The van der Waals surface area contributed by atoms with Gasteiger partial charge in [-0.2, -0.15) is 5.48 Å². The minimum atomic E-state index is -0.0272. The zero-order chi connectivity index (χ0) is 24.6. The number of dihydropyridines is 1. The quantitative estimate of drug-likeness (QED) is 0.449. The van der Waals surface area contributed by atoms with Crippen molar-refractivity contribution in [3.8, 4) is 11.3 Å². The molecule has 1 aliphatic carbocycles. The van der Waals surface area contributed by atoms with Crippen LogP contribution in [0.5, 0.6) is 0 Å². The molecule has 1 saturated carbocycles. The number of anilines is 1. The number of hydrazine groups is 1. The molecule has 34 heavy (non-hydrogen) atoms. The number of hydrogen-bond donors (Lipinski definition) is 3. The van der Waals surface area contributed by atoms with Crippen LogP contribution >= 0.6 is 0 Å². The molecule has 2 aromatic rings. The first-order valence-corrected chi connectivity index (χ1v) is 12.2. The first kappa shape index (κ1) is 24.2. The summed E-state index contributed by atoms with van der Waals surface area (Å²) in [7, 11) is 5.78. The highest BCUT2D eigenvalue weighted by Crippen LogP contribution is 2.47. The summed E-state index contributed by atoms with van der Waals surface area (Å²) in [6.07, 6.45) is 6.68. The van der Waals surface area contributed by atoms with E-state index in [0.717, 1.165) is 39.6 Å². The fourth-order valence-electron chi connectivity index (χ4n) is 4.72. The van der Waals surface area contributed by atoms with Crippen molar-refractivity contribution in [2.45, 2.75) is 52.6 Å². The Labute approximate surface area is 202 Å². The second kappa shape index (κ2) is 9.74. The van der Waals surface area contributed by atoms with Crippen molar-refractivity contribution >= 4 is 22.7 Å². The Balaban J connectivity index is 0.00000133. The van der Waals surface area contributed by atoms with E-state index in [0.29, 0.717) is 11.6 Å². The number of aliphatic imine (C=N–C) groups is 1. The molecule has 0 bridgehead atoms. The van der Waals surface area contributed by atoms with Crippen molar-refractivity contribution < 1.29 is 10.3 Å². The molecule has 3 aliphatic rings. The van der Waals surface area contributed by atoms with E-state index in [9.17, 15) is 0 Å². The number of nitrogens with zero attached hydrogens (tertiary/aromatic N) is 4. The maximum atomic E-state index is 6.31. The number of rotatable bonds is 6. The molecule has 0 saturated heterocycles. The van der Waals surface area contributed by atoms with Gasteiger partial charge in [0.25, 0.3) is 0 Å². The summed E-state index contributed by atoms with van der Waals surface area (Å²) in [6.45, 7) is 8.38. The normalized spacial score (nSPS) is 19.4. The number of nitrogens with one attached hydrogen (secondary N) is 1. The standard InChI is InChI=1S/C24H31N7O.C2H6/c1-13(2)19-17(11-15-12-30(3)28-23(15)26-19)24-27-21(22(31(24)4)14-9-10-14)16-7-6-8-18(25)20(16)29-32-5;1-2/h6-8,11-14,23,28-29H,9-10,25H2,1-5H3;1-2H3/p+1. The molecule has 0 amide bonds. The lowest BCUT2D eigenvalue weighted by molar-refractivity contribution is -0.829. The van der Waals surface area contributed by atoms with Gasteiger partial charge in [0.05, 0.1) is 29.8 Å². The maximum Gasteiger partial charge on any atom is 0.194 e. The van der Waals surface area contributed by atoms with E-state index < -0.39 is 0 Å². The summed E-state index contributed by atoms with van der Waals surface area (Å²) >= 11 is 0. The summed E-state index contributed by atoms with van der Waals surface area (Å²) in [5.74, 6) is 1.75. The van der Waals surface area contributed by atoms with E-state index >= 15 is 0 Å². The number of nitrogens with two attached hydrogens (primary N) is 2. The SMILES string of the molecule is CC.CO[NH2+]c1c(N)cccc1-c1nc(C2=CC3=CN(C)NC3N=C2C(C)C)n(C)c1C1CC1. The number of imidazole rings is 1. The number of benzene rings is 1. The molecule has 3 heterocycles. The Kier molecular flexibility index (Phi) is 6.93. The van der Waals surface area contributed by atoms with Gasteiger partial charge in [-0.3, -0.25) is 4.99 Å². The van der Waals surface area contributed by atoms with Gasteiger partial charge in [0.15, 0.2) is 5.69 Å². The molecule has 5 N–H and O–H groups in total. The molecule has 1 atom stereocenters. The highest BCUT2D eigenvalue weighted by Gasteiger charge is 2.36. The van der Waals surface area contributed by atoms with Gasteiger partial charge < -0.3 is 15.3 Å². The third-order valence-corrected chi connectivity index (χ3v) is 6.36. The van der Waals surface area contributed by atoms with E-state index in [1.165, 1.54) is 18.5 Å². The molecule has 1 aromatic heterocycles. The number of hydrogen-bond acceptors (Lipinski definition) is 6. The molecule has 1 aromatic carbocycles. The molecule has 0 radical (unpaired) electrons. The Morgan fingerprint density at radius 2 is 1.94 bits per heavy atom. The van der Waals surface area contributed by atoms with Crippen LogP contribution in [-0.2, 0) is 11.9 Å². The van der Waals surface area contributed by atoms with Crippen LogP contribution in [-0.4, -0.2) is 40.6 Å². The Morgan fingerprint density at radius 1 is 1.21 bits per heavy atom. The first-order valence-electron chi connectivity index (χ1n) is 12.2. The van der Waals surface area contributed by atoms with E-state index in [4.69, 9.17) is 20.5 Å². The lowest BCUT2D eigenvalue weighted by Gasteiger charge is -2.23. The smallest absolute Gasteiger partial charge is 0.194 e. The van der Waals surface area contributed by atoms with Crippen molar-refractivity contribution in [1.82, 2.24) is 20.0 Å². The van der Waals surface area contributed by atoms with Gasteiger partial charge in [0.1, 0.15) is 12.0 Å². The molecule has 8 nitrogen and oxygen atoms in total. The minimum Gasteiger partial charge on any atom is -0.394 e. The third kappa shape index (κ3) is 4.29. The predicted molar refractivity (Wildman–Crippen MR) is 138 cm³/mol. The van der Waals surface area contributed by atoms with Crippen LogP contribution in [0.4, 0.5) is 11.4 Å². The molecule has 2 aliphatic heterocycles. The van der Waals surface area contributed by atoms with Gasteiger partial charge >= 0.3 is 0 Å². The summed E-state index contributed by atoms with van der Waals surface area (Å²) in [4.78, 5) is 15.6. The van der Waals surface area contributed by atoms with Crippen LogP contribution in [0.2, 0.25) is 0 Å². The third-order valence-electron chi connectivity index (χ3n) is 6.36. The number of fused-ring (bicyclic) bond motifs is 1. The van der Waals surface area contributed by atoms with E-state index in [-0.39, 0.29) is 12.1 Å². The van der Waals surface area contributed by atoms with Gasteiger partial charge in [-0.1, -0.05) is 33.8 Å². The molecule has 1 unspecified atom stereocenters. The van der Waals surface area contributed by atoms with Crippen LogP contribution in [0.3, 0.4) is 0 Å². The topological polar surface area (TPSA) is 97.3 Å². The Hall–Kier alpha value is -2.94. The lowest BCUT2D eigenvalue weighted by Crippen LogP contribution is -2.76. The van der Waals surface area contributed by atoms with Crippen molar-refractivity contribution in [3.05, 3.63) is 47.6 Å². The lowest BCUT2D eigenvalue weighted by atomic mass is 9.94. The fourth-order valence-corrected chi connectivity index (χ4v) is 4.72. The molecular formula is C26H38N7O+. The van der Waals surface area contributed by atoms with E-state index in [1.54, 1.807) is 12.6 Å². The number of aromatic nitrogens is 2. The first-order chi connectivity index (χ1) is 16.4. The van der Waals surface area contributed by atoms with Crippen LogP contribution in [0.15, 0.2) is 41.0 Å². The van der Waals surface area contributed by atoms with Gasteiger partial charge in [-0.25, -0.2) is 15.2 Å². The molecule has 182 valence electrons. The minimum absolute atomic E-state index is 0.0272. The van der Waals surface area contributed by atoms with E-state index in [1.807, 2.05) is 38.0 Å². The summed E-state index contributed by atoms with van der Waals surface area (Å²) in [5.41, 5.74) is 19.5. The predicted octanol–water partition coefficient (Wildman–Crippen LogP) is 3.48. The molecule has 5 rings (SSSR count). The Bertz CT molecular complexity index is 1150. The largest absolute Gasteiger partial charge is 0.394 e. The van der Waals surface area contributed by atoms with Crippen LogP contribution in [0, 0.1) is 5.92 Å². The highest BCUT2D eigenvalue weighted by atomic mass is 16.6. The zero-order valence-electron chi connectivity index (χ0n) is 21.4. The maximum absolute atomic E-state index is 6.31. The molecule has 8 heteroatoms. The van der Waals surface area contributed by atoms with Crippen molar-refractivity contribution in [2.24, 2.45) is 18.0 Å².